The lowest BCUT2D eigenvalue weighted by atomic mass is 10.2. The number of fused-ring (bicyclic) bond motifs is 1. The lowest BCUT2D eigenvalue weighted by molar-refractivity contribution is -0.143. The van der Waals surface area contributed by atoms with Crippen LogP contribution < -0.4 is 10.6 Å². The molecule has 0 saturated heterocycles. The summed E-state index contributed by atoms with van der Waals surface area (Å²) in [6.07, 6.45) is 2.98. The van der Waals surface area contributed by atoms with Crippen LogP contribution in [0.3, 0.4) is 0 Å². The van der Waals surface area contributed by atoms with E-state index < -0.39 is 0 Å². The molecule has 27 heavy (non-hydrogen) atoms. The third-order valence-electron chi connectivity index (χ3n) is 3.57. The second kappa shape index (κ2) is 8.45. The van der Waals surface area contributed by atoms with Crippen LogP contribution in [0.1, 0.15) is 6.92 Å². The summed E-state index contributed by atoms with van der Waals surface area (Å²) in [6.45, 7) is 2.03. The van der Waals surface area contributed by atoms with Crippen LogP contribution in [0, 0.1) is 0 Å². The SMILES string of the molecule is CCOC(=O)Cn1ncc2c(Nc3ccc(NC(=O)CCl)cc3)ncnc21. The summed E-state index contributed by atoms with van der Waals surface area (Å²) in [7, 11) is 0. The normalized spacial score (nSPS) is 10.6. The molecule has 3 aromatic rings. The fourth-order valence-corrected chi connectivity index (χ4v) is 2.47. The van der Waals surface area contributed by atoms with Crippen molar-refractivity contribution in [1.82, 2.24) is 19.7 Å². The van der Waals surface area contributed by atoms with E-state index in [-0.39, 0.29) is 24.3 Å². The Hall–Kier alpha value is -3.20. The predicted molar refractivity (Wildman–Crippen MR) is 101 cm³/mol. The molecule has 0 aliphatic heterocycles. The van der Waals surface area contributed by atoms with Gasteiger partial charge in [0.15, 0.2) is 5.65 Å². The minimum absolute atomic E-state index is 0.0250. The number of hydrogen-bond donors (Lipinski definition) is 2. The number of nitrogens with one attached hydrogen (secondary N) is 2. The van der Waals surface area contributed by atoms with Crippen molar-refractivity contribution in [2.24, 2.45) is 0 Å². The highest BCUT2D eigenvalue weighted by Gasteiger charge is 2.13. The van der Waals surface area contributed by atoms with Crippen LogP contribution in [-0.4, -0.2) is 44.1 Å². The van der Waals surface area contributed by atoms with E-state index in [1.54, 1.807) is 37.4 Å². The second-order valence-corrected chi connectivity index (χ2v) is 5.72. The lowest BCUT2D eigenvalue weighted by Gasteiger charge is -2.08. The molecule has 3 rings (SSSR count). The van der Waals surface area contributed by atoms with Crippen molar-refractivity contribution in [3.63, 3.8) is 0 Å². The molecule has 0 radical (unpaired) electrons. The Morgan fingerprint density at radius 2 is 1.93 bits per heavy atom. The molecule has 0 saturated carbocycles. The first-order valence-electron chi connectivity index (χ1n) is 8.15. The van der Waals surface area contributed by atoms with Gasteiger partial charge in [-0.05, 0) is 31.2 Å². The third kappa shape index (κ3) is 4.50. The van der Waals surface area contributed by atoms with Crippen LogP contribution in [0.2, 0.25) is 0 Å². The van der Waals surface area contributed by atoms with Gasteiger partial charge < -0.3 is 15.4 Å². The van der Waals surface area contributed by atoms with Crippen LogP contribution in [0.5, 0.6) is 0 Å². The van der Waals surface area contributed by atoms with Gasteiger partial charge in [0.25, 0.3) is 0 Å². The molecule has 0 spiro atoms. The number of halogens is 1. The van der Waals surface area contributed by atoms with Crippen LogP contribution in [-0.2, 0) is 20.9 Å². The van der Waals surface area contributed by atoms with Gasteiger partial charge in [-0.2, -0.15) is 5.10 Å². The van der Waals surface area contributed by atoms with E-state index in [1.165, 1.54) is 11.0 Å². The summed E-state index contributed by atoms with van der Waals surface area (Å²) in [5, 5.41) is 10.7. The first-order chi connectivity index (χ1) is 13.1. The number of nitrogens with zero attached hydrogens (tertiary/aromatic N) is 4. The number of amides is 1. The monoisotopic (exact) mass is 388 g/mol. The molecule has 2 N–H and O–H groups in total. The summed E-state index contributed by atoms with van der Waals surface area (Å²) < 4.78 is 6.40. The first-order valence-corrected chi connectivity index (χ1v) is 8.69. The van der Waals surface area contributed by atoms with Crippen LogP contribution in [0.15, 0.2) is 36.8 Å². The van der Waals surface area contributed by atoms with Crippen LogP contribution in [0.4, 0.5) is 17.2 Å². The van der Waals surface area contributed by atoms with Crippen molar-refractivity contribution in [3.05, 3.63) is 36.8 Å². The van der Waals surface area contributed by atoms with E-state index in [0.29, 0.717) is 29.1 Å². The van der Waals surface area contributed by atoms with E-state index in [4.69, 9.17) is 16.3 Å². The average Bonchev–Trinajstić information content (AvgIpc) is 3.07. The minimum atomic E-state index is -0.384. The molecule has 2 aromatic heterocycles. The molecule has 0 aliphatic carbocycles. The van der Waals surface area contributed by atoms with Crippen LogP contribution in [0.25, 0.3) is 11.0 Å². The number of hydrogen-bond acceptors (Lipinski definition) is 7. The fourth-order valence-electron chi connectivity index (χ4n) is 2.41. The minimum Gasteiger partial charge on any atom is -0.465 e. The number of rotatable bonds is 7. The quantitative estimate of drug-likeness (QED) is 0.472. The van der Waals surface area contributed by atoms with Gasteiger partial charge >= 0.3 is 5.97 Å². The number of esters is 1. The highest BCUT2D eigenvalue weighted by Crippen LogP contribution is 2.23. The van der Waals surface area contributed by atoms with E-state index in [9.17, 15) is 9.59 Å². The molecule has 9 nitrogen and oxygen atoms in total. The molecular formula is C17H17ClN6O3. The van der Waals surface area contributed by atoms with E-state index >= 15 is 0 Å². The van der Waals surface area contributed by atoms with Gasteiger partial charge in [0.2, 0.25) is 5.91 Å². The maximum absolute atomic E-state index is 11.7. The highest BCUT2D eigenvalue weighted by atomic mass is 35.5. The molecular weight excluding hydrogens is 372 g/mol. The van der Waals surface area contributed by atoms with Gasteiger partial charge in [-0.15, -0.1) is 11.6 Å². The standard InChI is InChI=1S/C17H17ClN6O3/c1-2-27-15(26)9-24-17-13(8-21-24)16(19-10-20-17)23-12-5-3-11(4-6-12)22-14(25)7-18/h3-6,8,10H,2,7,9H2,1H3,(H,22,25)(H,19,20,23). The highest BCUT2D eigenvalue weighted by molar-refractivity contribution is 6.29. The van der Waals surface area contributed by atoms with Gasteiger partial charge in [-0.3, -0.25) is 9.59 Å². The van der Waals surface area contributed by atoms with Gasteiger partial charge in [-0.25, -0.2) is 14.6 Å². The molecule has 0 unspecified atom stereocenters. The van der Waals surface area contributed by atoms with Crippen molar-refractivity contribution in [1.29, 1.82) is 0 Å². The van der Waals surface area contributed by atoms with E-state index in [2.05, 4.69) is 25.7 Å². The summed E-state index contributed by atoms with van der Waals surface area (Å²) in [5.74, 6) is -0.212. The average molecular weight is 389 g/mol. The lowest BCUT2D eigenvalue weighted by Crippen LogP contribution is -2.14. The number of anilines is 3. The number of benzene rings is 1. The maximum Gasteiger partial charge on any atom is 0.327 e. The molecule has 0 aliphatic rings. The fraction of sp³-hybridized carbons (Fsp3) is 0.235. The number of aromatic nitrogens is 4. The molecule has 1 aromatic carbocycles. The van der Waals surface area contributed by atoms with Gasteiger partial charge in [0, 0.05) is 11.4 Å². The molecule has 0 fully saturated rings. The number of carbonyl (C=O) groups is 2. The Morgan fingerprint density at radius 1 is 1.19 bits per heavy atom. The molecule has 2 heterocycles. The summed E-state index contributed by atoms with van der Waals surface area (Å²) in [5.41, 5.74) is 1.92. The Morgan fingerprint density at radius 3 is 2.63 bits per heavy atom. The van der Waals surface area contributed by atoms with Gasteiger partial charge in [0.1, 0.15) is 24.6 Å². The zero-order chi connectivity index (χ0) is 19.2. The van der Waals surface area contributed by atoms with Crippen molar-refractivity contribution >= 4 is 51.7 Å². The molecule has 10 heteroatoms. The number of alkyl halides is 1. The van der Waals surface area contributed by atoms with Crippen LogP contribution >= 0.6 is 11.6 Å². The topological polar surface area (TPSA) is 111 Å². The molecule has 1 amide bonds. The first kappa shape index (κ1) is 18.6. The van der Waals surface area contributed by atoms with Gasteiger partial charge in [-0.1, -0.05) is 0 Å². The summed E-state index contributed by atoms with van der Waals surface area (Å²) >= 11 is 5.47. The van der Waals surface area contributed by atoms with Gasteiger partial charge in [0.05, 0.1) is 18.2 Å². The Bertz CT molecular complexity index is 957. The number of carbonyl (C=O) groups excluding carboxylic acids is 2. The zero-order valence-electron chi connectivity index (χ0n) is 14.5. The molecule has 0 atom stereocenters. The Kier molecular flexibility index (Phi) is 5.82. The Balaban J connectivity index is 1.78. The zero-order valence-corrected chi connectivity index (χ0v) is 15.2. The van der Waals surface area contributed by atoms with E-state index in [1.807, 2.05) is 0 Å². The summed E-state index contributed by atoms with van der Waals surface area (Å²) in [4.78, 5) is 31.4. The smallest absolute Gasteiger partial charge is 0.327 e. The third-order valence-corrected chi connectivity index (χ3v) is 3.81. The van der Waals surface area contributed by atoms with E-state index in [0.717, 1.165) is 5.69 Å². The maximum atomic E-state index is 11.7. The summed E-state index contributed by atoms with van der Waals surface area (Å²) in [6, 6.07) is 7.08. The molecule has 0 bridgehead atoms. The molecule has 140 valence electrons. The largest absolute Gasteiger partial charge is 0.465 e. The number of ether oxygens (including phenoxy) is 1. The Labute approximate surface area is 159 Å². The van der Waals surface area contributed by atoms with Crippen molar-refractivity contribution < 1.29 is 14.3 Å². The van der Waals surface area contributed by atoms with Crippen molar-refractivity contribution in [3.8, 4) is 0 Å². The van der Waals surface area contributed by atoms with Crippen molar-refractivity contribution in [2.45, 2.75) is 13.5 Å². The van der Waals surface area contributed by atoms with Crippen molar-refractivity contribution in [2.75, 3.05) is 23.1 Å². The second-order valence-electron chi connectivity index (χ2n) is 5.45. The predicted octanol–water partition coefficient (Wildman–Crippen LogP) is 2.31.